The second-order valence-electron chi connectivity index (χ2n) is 27.3. The molecule has 0 aromatic heterocycles. The fraction of sp³-hybridized carbons (Fsp3) is 0.823. The van der Waals surface area contributed by atoms with Gasteiger partial charge in [0.1, 0.15) is 12.9 Å². The molecule has 0 saturated heterocycles. The summed E-state index contributed by atoms with van der Waals surface area (Å²) in [5, 5.41) is 46.3. The van der Waals surface area contributed by atoms with Gasteiger partial charge in [0.2, 0.25) is 0 Å². The molecule has 8 saturated carbocycles. The molecule has 0 aromatic rings. The molecule has 8 fully saturated rings. The number of aliphatic hydroxyl groups is 2. The molecular weight excluding hydrogens is 921 g/mol. The summed E-state index contributed by atoms with van der Waals surface area (Å²) in [5.41, 5.74) is 3.39. The lowest BCUT2D eigenvalue weighted by Gasteiger charge is -2.69. The van der Waals surface area contributed by atoms with Crippen LogP contribution in [0.2, 0.25) is 0 Å². The van der Waals surface area contributed by atoms with Gasteiger partial charge in [0.05, 0.1) is 30.5 Å². The van der Waals surface area contributed by atoms with E-state index in [-0.39, 0.29) is 93.1 Å². The highest BCUT2D eigenvalue weighted by atomic mass is 16.7. The number of esters is 1. The average molecular weight is 1020 g/mol. The third-order valence-electron chi connectivity index (χ3n) is 23.6. The van der Waals surface area contributed by atoms with Crippen molar-refractivity contribution in [2.45, 2.75) is 229 Å². The monoisotopic (exact) mass is 1020 g/mol. The molecule has 0 spiro atoms. The number of aliphatic carboxylic acids is 2. The molecule has 4 N–H and O–H groups in total. The fourth-order valence-electron chi connectivity index (χ4n) is 20.1. The highest BCUT2D eigenvalue weighted by molar-refractivity contribution is 5.89. The Balaban J connectivity index is 0.941. The van der Waals surface area contributed by atoms with Gasteiger partial charge in [-0.2, -0.15) is 0 Å². The van der Waals surface area contributed by atoms with Crippen molar-refractivity contribution in [1.29, 1.82) is 0 Å². The van der Waals surface area contributed by atoms with E-state index in [1.54, 1.807) is 7.11 Å². The summed E-state index contributed by atoms with van der Waals surface area (Å²) in [6, 6.07) is 0. The number of allylic oxidation sites excluding steroid dienone is 4. The lowest BCUT2D eigenvalue weighted by atomic mass is 9.36. The molecule has 73 heavy (non-hydrogen) atoms. The second-order valence-corrected chi connectivity index (χ2v) is 27.3. The van der Waals surface area contributed by atoms with E-state index in [0.29, 0.717) is 67.9 Å². The number of carbonyl (C=O) groups is 3. The van der Waals surface area contributed by atoms with Gasteiger partial charge in [0.15, 0.2) is 0 Å². The van der Waals surface area contributed by atoms with Crippen molar-refractivity contribution >= 4 is 17.9 Å². The zero-order valence-corrected chi connectivity index (χ0v) is 47.4. The summed E-state index contributed by atoms with van der Waals surface area (Å²) in [7, 11) is 1.72. The Hall–Kier alpha value is -2.83. The number of methoxy groups -OCH3 is 1. The molecule has 0 radical (unpaired) electrons. The quantitative estimate of drug-likeness (QED) is 0.0565. The van der Waals surface area contributed by atoms with Crippen LogP contribution in [0.4, 0.5) is 0 Å². The molecule has 20 unspecified atom stereocenters. The van der Waals surface area contributed by atoms with Crippen molar-refractivity contribution in [1.82, 2.24) is 0 Å². The highest BCUT2D eigenvalue weighted by Crippen LogP contribution is 2.76. The Morgan fingerprint density at radius 2 is 0.986 bits per heavy atom. The van der Waals surface area contributed by atoms with E-state index in [4.69, 9.17) is 18.9 Å². The normalized spacial score (nSPS) is 47.1. The number of carbonyl (C=O) groups excluding carboxylic acids is 1. The van der Waals surface area contributed by atoms with Crippen LogP contribution < -0.4 is 0 Å². The van der Waals surface area contributed by atoms with Gasteiger partial charge in [-0.05, 0) is 221 Å². The molecule has 8 aliphatic rings. The summed E-state index contributed by atoms with van der Waals surface area (Å²) in [5.74, 6) is -1.19. The zero-order valence-electron chi connectivity index (χ0n) is 47.4. The Labute approximate surface area is 438 Å². The van der Waals surface area contributed by atoms with E-state index < -0.39 is 36.2 Å². The number of fused-ring (bicyclic) bond motifs is 10. The van der Waals surface area contributed by atoms with Crippen LogP contribution in [0.1, 0.15) is 193 Å². The number of rotatable bonds is 14. The molecule has 11 nitrogen and oxygen atoms in total. The average Bonchev–Trinajstić information content (AvgIpc) is 3.74. The van der Waals surface area contributed by atoms with Crippen molar-refractivity contribution in [3.8, 4) is 0 Å². The van der Waals surface area contributed by atoms with E-state index in [1.807, 2.05) is 27.7 Å². The van der Waals surface area contributed by atoms with Crippen molar-refractivity contribution < 1.29 is 53.8 Å². The van der Waals surface area contributed by atoms with Gasteiger partial charge in [-0.25, -0.2) is 9.59 Å². The van der Waals surface area contributed by atoms with Crippen molar-refractivity contribution in [2.75, 3.05) is 13.9 Å². The van der Waals surface area contributed by atoms with Crippen molar-refractivity contribution in [3.63, 3.8) is 0 Å². The minimum Gasteiger partial charge on any atom is -0.478 e. The molecule has 0 amide bonds. The summed E-state index contributed by atoms with van der Waals surface area (Å²) < 4.78 is 25.9. The maximum Gasteiger partial charge on any atom is 0.331 e. The zero-order chi connectivity index (χ0) is 53.5. The Bertz CT molecular complexity index is 2250. The topological polar surface area (TPSA) is 169 Å². The van der Waals surface area contributed by atoms with Crippen LogP contribution in [0.25, 0.3) is 0 Å². The van der Waals surface area contributed by atoms with Crippen molar-refractivity contribution in [2.24, 2.45) is 79.8 Å². The van der Waals surface area contributed by atoms with E-state index in [1.165, 1.54) is 12.5 Å². The van der Waals surface area contributed by atoms with E-state index in [0.717, 1.165) is 74.5 Å². The SMILES string of the molecule is COC1CC2(C)C(CC(O)C3C4(C)CCC(OCOC5CCC6(C)C(CCC7(C)C6C(O)CC6/C(=C(\CCC=C(C)C)C(=O)O)C(OC(C)=O)CC67C)C5C)C(C)C4CCC32C)/C1=C(\CCC=C(C)C)C(=O)O. The molecule has 410 valence electrons. The first-order valence-corrected chi connectivity index (χ1v) is 28.6. The van der Waals surface area contributed by atoms with Crippen LogP contribution in [0, 0.1) is 79.8 Å². The van der Waals surface area contributed by atoms with E-state index in [9.17, 15) is 34.8 Å². The molecule has 0 aromatic carbocycles. The molecule has 11 heteroatoms. The Kier molecular flexibility index (Phi) is 15.8. The first-order valence-electron chi connectivity index (χ1n) is 28.6. The number of carboxylic acids is 2. The van der Waals surface area contributed by atoms with Crippen LogP contribution in [0.15, 0.2) is 45.6 Å². The minimum absolute atomic E-state index is 0.00442. The minimum atomic E-state index is -0.963. The second kappa shape index (κ2) is 20.5. The van der Waals surface area contributed by atoms with Crippen molar-refractivity contribution in [3.05, 3.63) is 45.6 Å². The van der Waals surface area contributed by atoms with Crippen LogP contribution in [-0.4, -0.2) is 88.9 Å². The maximum absolute atomic E-state index is 13.0. The first-order chi connectivity index (χ1) is 34.1. The molecule has 0 aliphatic heterocycles. The van der Waals surface area contributed by atoms with Crippen LogP contribution in [-0.2, 0) is 33.3 Å². The summed E-state index contributed by atoms with van der Waals surface area (Å²) >= 11 is 0. The number of aliphatic hydroxyl groups excluding tert-OH is 2. The largest absolute Gasteiger partial charge is 0.478 e. The number of hydrogen-bond donors (Lipinski definition) is 4. The Morgan fingerprint density at radius 3 is 1.36 bits per heavy atom. The van der Waals surface area contributed by atoms with Crippen LogP contribution >= 0.6 is 0 Å². The van der Waals surface area contributed by atoms with Gasteiger partial charge < -0.3 is 39.4 Å². The summed E-state index contributed by atoms with van der Waals surface area (Å²) in [6.07, 6.45) is 14.1. The van der Waals surface area contributed by atoms with E-state index >= 15 is 0 Å². The van der Waals surface area contributed by atoms with Gasteiger partial charge in [-0.15, -0.1) is 0 Å². The molecule has 0 heterocycles. The van der Waals surface area contributed by atoms with Crippen LogP contribution in [0.5, 0.6) is 0 Å². The third kappa shape index (κ3) is 9.10. The van der Waals surface area contributed by atoms with Gasteiger partial charge in [-0.3, -0.25) is 4.79 Å². The number of ether oxygens (including phenoxy) is 4. The smallest absolute Gasteiger partial charge is 0.331 e. The standard InChI is InChI=1S/C62H96O11/c1-34(2)17-15-19-39(55(66)67)51-43-29-45(64)53-57(8)25-23-47(36(5)41(57)21-27-59(53,10)61(43,12)31-49(51)70-14)71-33-72-48-24-26-58(9)42(37(48)6)22-28-60(11)54(58)46(65)30-44-52(40(56(68)69)20-16-18-35(3)4)50(73-38(7)63)32-62(44,60)13/h17-18,36-37,41-50,53-54,64-65H,15-16,19-33H2,1-14H3,(H,66,67)(H,68,69)/b51-39-,52-40-. The molecule has 8 aliphatic carbocycles. The van der Waals surface area contributed by atoms with Gasteiger partial charge in [0.25, 0.3) is 0 Å². The predicted molar refractivity (Wildman–Crippen MR) is 283 cm³/mol. The maximum atomic E-state index is 13.0. The highest BCUT2D eigenvalue weighted by Gasteiger charge is 2.73. The number of carboxylic acid groups (broad SMARTS) is 2. The predicted octanol–water partition coefficient (Wildman–Crippen LogP) is 12.4. The molecule has 20 atom stereocenters. The number of hydrogen-bond acceptors (Lipinski definition) is 9. The molecule has 0 bridgehead atoms. The lowest BCUT2D eigenvalue weighted by Crippen LogP contribution is -2.66. The van der Waals surface area contributed by atoms with Crippen LogP contribution in [0.3, 0.4) is 0 Å². The summed E-state index contributed by atoms with van der Waals surface area (Å²) in [6.45, 7) is 28.8. The van der Waals surface area contributed by atoms with Gasteiger partial charge in [0, 0.05) is 25.2 Å². The summed E-state index contributed by atoms with van der Waals surface area (Å²) in [4.78, 5) is 38.6. The lowest BCUT2D eigenvalue weighted by molar-refractivity contribution is -0.254. The fourth-order valence-corrected chi connectivity index (χ4v) is 20.1. The Morgan fingerprint density at radius 1 is 0.589 bits per heavy atom. The van der Waals surface area contributed by atoms with Gasteiger partial charge >= 0.3 is 17.9 Å². The third-order valence-corrected chi connectivity index (χ3v) is 23.6. The molecule has 8 rings (SSSR count). The molecular formula is C62H96O11. The first kappa shape index (κ1) is 56.4. The van der Waals surface area contributed by atoms with Gasteiger partial charge in [-0.1, -0.05) is 78.7 Å². The van der Waals surface area contributed by atoms with E-state index in [2.05, 4.69) is 67.5 Å².